The van der Waals surface area contributed by atoms with Crippen LogP contribution in [0.25, 0.3) is 0 Å². The van der Waals surface area contributed by atoms with Crippen LogP contribution in [0.1, 0.15) is 10.4 Å². The number of methoxy groups -OCH3 is 1. The Morgan fingerprint density at radius 2 is 1.90 bits per heavy atom. The Labute approximate surface area is 123 Å². The van der Waals surface area contributed by atoms with E-state index < -0.39 is 0 Å². The zero-order valence-electron chi connectivity index (χ0n) is 12.0. The molecular formula is C15H18N4O2. The van der Waals surface area contributed by atoms with E-state index in [-0.39, 0.29) is 5.91 Å². The number of amides is 1. The lowest BCUT2D eigenvalue weighted by atomic mass is 10.2. The SMILES string of the molecule is COc1ccc(N2CCN(C(=O)c3cn[nH]c3)CC2)cc1. The summed E-state index contributed by atoms with van der Waals surface area (Å²) in [5.74, 6) is 0.894. The number of aromatic nitrogens is 2. The molecule has 0 atom stereocenters. The van der Waals surface area contributed by atoms with Gasteiger partial charge in [-0.1, -0.05) is 0 Å². The molecule has 1 N–H and O–H groups in total. The maximum absolute atomic E-state index is 12.2. The number of nitrogens with zero attached hydrogens (tertiary/aromatic N) is 3. The summed E-state index contributed by atoms with van der Waals surface area (Å²) in [5.41, 5.74) is 1.78. The Hall–Kier alpha value is -2.50. The molecule has 1 amide bonds. The van der Waals surface area contributed by atoms with Crippen molar-refractivity contribution >= 4 is 11.6 Å². The van der Waals surface area contributed by atoms with Crippen molar-refractivity contribution < 1.29 is 9.53 Å². The number of rotatable bonds is 3. The third kappa shape index (κ3) is 2.84. The molecule has 0 aliphatic carbocycles. The molecule has 6 nitrogen and oxygen atoms in total. The molecule has 0 unspecified atom stereocenters. The molecule has 1 aliphatic heterocycles. The third-order valence-corrected chi connectivity index (χ3v) is 3.75. The van der Waals surface area contributed by atoms with Crippen LogP contribution in [0.5, 0.6) is 5.75 Å². The van der Waals surface area contributed by atoms with Crippen LogP contribution in [-0.4, -0.2) is 54.3 Å². The number of benzene rings is 1. The van der Waals surface area contributed by atoms with Crippen molar-refractivity contribution in [3.63, 3.8) is 0 Å². The number of nitrogens with one attached hydrogen (secondary N) is 1. The second-order valence-electron chi connectivity index (χ2n) is 4.96. The summed E-state index contributed by atoms with van der Waals surface area (Å²) in [6.07, 6.45) is 3.20. The molecule has 2 aromatic rings. The second kappa shape index (κ2) is 5.87. The fourth-order valence-corrected chi connectivity index (χ4v) is 2.51. The average molecular weight is 286 g/mol. The largest absolute Gasteiger partial charge is 0.497 e. The first kappa shape index (κ1) is 13.5. The van der Waals surface area contributed by atoms with Gasteiger partial charge in [0.15, 0.2) is 0 Å². The minimum Gasteiger partial charge on any atom is -0.497 e. The van der Waals surface area contributed by atoms with Crippen molar-refractivity contribution in [2.75, 3.05) is 38.2 Å². The van der Waals surface area contributed by atoms with Crippen LogP contribution >= 0.6 is 0 Å². The van der Waals surface area contributed by atoms with Gasteiger partial charge in [-0.25, -0.2) is 0 Å². The van der Waals surface area contributed by atoms with Crippen molar-refractivity contribution in [2.45, 2.75) is 0 Å². The molecule has 1 aromatic carbocycles. The number of anilines is 1. The summed E-state index contributed by atoms with van der Waals surface area (Å²) < 4.78 is 5.17. The van der Waals surface area contributed by atoms with Crippen LogP contribution in [0.3, 0.4) is 0 Å². The molecule has 1 saturated heterocycles. The van der Waals surface area contributed by atoms with Crippen molar-refractivity contribution in [3.05, 3.63) is 42.2 Å². The van der Waals surface area contributed by atoms with E-state index in [1.807, 2.05) is 29.2 Å². The lowest BCUT2D eigenvalue weighted by Gasteiger charge is -2.36. The Morgan fingerprint density at radius 3 is 2.48 bits per heavy atom. The molecule has 21 heavy (non-hydrogen) atoms. The molecule has 110 valence electrons. The lowest BCUT2D eigenvalue weighted by Crippen LogP contribution is -2.48. The van der Waals surface area contributed by atoms with E-state index in [1.54, 1.807) is 19.5 Å². The van der Waals surface area contributed by atoms with Crippen LogP contribution in [0, 0.1) is 0 Å². The van der Waals surface area contributed by atoms with E-state index in [2.05, 4.69) is 15.1 Å². The first-order valence-electron chi connectivity index (χ1n) is 6.95. The van der Waals surface area contributed by atoms with Crippen LogP contribution < -0.4 is 9.64 Å². The van der Waals surface area contributed by atoms with Gasteiger partial charge in [-0.15, -0.1) is 0 Å². The number of H-pyrrole nitrogens is 1. The van der Waals surface area contributed by atoms with Gasteiger partial charge in [-0.2, -0.15) is 5.10 Å². The molecule has 0 saturated carbocycles. The van der Waals surface area contributed by atoms with Gasteiger partial charge in [0.2, 0.25) is 0 Å². The van der Waals surface area contributed by atoms with Gasteiger partial charge in [0.25, 0.3) is 5.91 Å². The van der Waals surface area contributed by atoms with E-state index >= 15 is 0 Å². The zero-order chi connectivity index (χ0) is 14.7. The van der Waals surface area contributed by atoms with Crippen molar-refractivity contribution in [2.24, 2.45) is 0 Å². The number of piperazine rings is 1. The second-order valence-corrected chi connectivity index (χ2v) is 4.96. The number of aromatic amines is 1. The molecule has 0 spiro atoms. The monoisotopic (exact) mass is 286 g/mol. The zero-order valence-corrected chi connectivity index (χ0v) is 12.0. The van der Waals surface area contributed by atoms with Crippen molar-refractivity contribution in [3.8, 4) is 5.75 Å². The summed E-state index contributed by atoms with van der Waals surface area (Å²) in [4.78, 5) is 16.4. The Morgan fingerprint density at radius 1 is 1.19 bits per heavy atom. The molecule has 2 heterocycles. The smallest absolute Gasteiger partial charge is 0.257 e. The molecule has 1 aromatic heterocycles. The fourth-order valence-electron chi connectivity index (χ4n) is 2.51. The Balaban J connectivity index is 1.60. The van der Waals surface area contributed by atoms with Gasteiger partial charge in [-0.05, 0) is 24.3 Å². The highest BCUT2D eigenvalue weighted by Gasteiger charge is 2.22. The van der Waals surface area contributed by atoms with Crippen molar-refractivity contribution in [1.29, 1.82) is 0 Å². The van der Waals surface area contributed by atoms with E-state index in [0.717, 1.165) is 37.6 Å². The standard InChI is InChI=1S/C15H18N4O2/c1-21-14-4-2-13(3-5-14)18-6-8-19(9-7-18)15(20)12-10-16-17-11-12/h2-5,10-11H,6-9H2,1H3,(H,16,17). The van der Waals surface area contributed by atoms with Crippen LogP contribution in [0.15, 0.2) is 36.7 Å². The minimum atomic E-state index is 0.0399. The van der Waals surface area contributed by atoms with E-state index in [4.69, 9.17) is 4.74 Å². The van der Waals surface area contributed by atoms with Crippen LogP contribution in [0.4, 0.5) is 5.69 Å². The number of hydrogen-bond donors (Lipinski definition) is 1. The first-order valence-corrected chi connectivity index (χ1v) is 6.95. The summed E-state index contributed by atoms with van der Waals surface area (Å²) in [5, 5.41) is 6.50. The highest BCUT2D eigenvalue weighted by atomic mass is 16.5. The number of ether oxygens (including phenoxy) is 1. The summed E-state index contributed by atoms with van der Waals surface area (Å²) in [6, 6.07) is 8.01. The average Bonchev–Trinajstić information content (AvgIpc) is 3.09. The normalized spacial score (nSPS) is 15.1. The molecule has 6 heteroatoms. The molecule has 0 bridgehead atoms. The molecule has 1 aliphatic rings. The topological polar surface area (TPSA) is 61.5 Å². The van der Waals surface area contributed by atoms with Crippen molar-refractivity contribution in [1.82, 2.24) is 15.1 Å². The first-order chi connectivity index (χ1) is 10.3. The maximum atomic E-state index is 12.2. The predicted molar refractivity (Wildman–Crippen MR) is 79.7 cm³/mol. The van der Waals surface area contributed by atoms with Gasteiger partial charge in [0.05, 0.1) is 18.9 Å². The van der Waals surface area contributed by atoms with E-state index in [9.17, 15) is 4.79 Å². The van der Waals surface area contributed by atoms with Gasteiger partial charge in [0, 0.05) is 38.1 Å². The molecular weight excluding hydrogens is 268 g/mol. The van der Waals surface area contributed by atoms with E-state index in [1.165, 1.54) is 0 Å². The Kier molecular flexibility index (Phi) is 3.77. The quantitative estimate of drug-likeness (QED) is 0.926. The van der Waals surface area contributed by atoms with E-state index in [0.29, 0.717) is 5.56 Å². The highest BCUT2D eigenvalue weighted by Crippen LogP contribution is 2.20. The van der Waals surface area contributed by atoms with Gasteiger partial charge >= 0.3 is 0 Å². The number of carbonyl (C=O) groups is 1. The van der Waals surface area contributed by atoms with Gasteiger partial charge in [0.1, 0.15) is 5.75 Å². The third-order valence-electron chi connectivity index (χ3n) is 3.75. The molecule has 3 rings (SSSR count). The number of hydrogen-bond acceptors (Lipinski definition) is 4. The number of carbonyl (C=O) groups excluding carboxylic acids is 1. The predicted octanol–water partition coefficient (Wildman–Crippen LogP) is 1.38. The maximum Gasteiger partial charge on any atom is 0.257 e. The molecule has 0 radical (unpaired) electrons. The summed E-state index contributed by atoms with van der Waals surface area (Å²) in [7, 11) is 1.66. The minimum absolute atomic E-state index is 0.0399. The van der Waals surface area contributed by atoms with Gasteiger partial charge < -0.3 is 14.5 Å². The summed E-state index contributed by atoms with van der Waals surface area (Å²) >= 11 is 0. The Bertz CT molecular complexity index is 587. The van der Waals surface area contributed by atoms with Gasteiger partial charge in [-0.3, -0.25) is 9.89 Å². The summed E-state index contributed by atoms with van der Waals surface area (Å²) in [6.45, 7) is 3.10. The molecule has 1 fully saturated rings. The van der Waals surface area contributed by atoms with Crippen LogP contribution in [-0.2, 0) is 0 Å². The van der Waals surface area contributed by atoms with Crippen LogP contribution in [0.2, 0.25) is 0 Å². The fraction of sp³-hybridized carbons (Fsp3) is 0.333. The lowest BCUT2D eigenvalue weighted by molar-refractivity contribution is 0.0747. The highest BCUT2D eigenvalue weighted by molar-refractivity contribution is 5.93.